The average molecular weight is 739 g/mol. The topological polar surface area (TPSA) is 0 Å². The summed E-state index contributed by atoms with van der Waals surface area (Å²) in [5.41, 5.74) is 37.9. The monoisotopic (exact) mass is 739 g/mol. The van der Waals surface area contributed by atoms with Gasteiger partial charge in [-0.3, -0.25) is 0 Å². The van der Waals surface area contributed by atoms with Gasteiger partial charge in [0.15, 0.2) is 0 Å². The molecule has 8 rings (SSSR count). The van der Waals surface area contributed by atoms with E-state index in [4.69, 9.17) is 0 Å². The quantitative estimate of drug-likeness (QED) is 0.136. The summed E-state index contributed by atoms with van der Waals surface area (Å²) >= 11 is 0. The number of hydrogen-bond donors (Lipinski definition) is 0. The van der Waals surface area contributed by atoms with E-state index in [0.29, 0.717) is 0 Å². The third-order valence-corrected chi connectivity index (χ3v) is 16.5. The Bertz CT molecular complexity index is 2590. The lowest BCUT2D eigenvalue weighted by Gasteiger charge is -2.26. The van der Waals surface area contributed by atoms with Crippen LogP contribution in [0.3, 0.4) is 0 Å². The molecule has 0 heterocycles. The van der Waals surface area contributed by atoms with Crippen molar-refractivity contribution >= 4 is 43.1 Å². The molecule has 0 radical (unpaired) electrons. The van der Waals surface area contributed by atoms with Crippen molar-refractivity contribution in [3.05, 3.63) is 122 Å². The molecule has 0 amide bonds. The second-order valence-corrected chi connectivity index (χ2v) is 18.2. The van der Waals surface area contributed by atoms with E-state index in [1.54, 1.807) is 0 Å². The summed E-state index contributed by atoms with van der Waals surface area (Å²) < 4.78 is 0. The molecule has 0 aliphatic heterocycles. The summed E-state index contributed by atoms with van der Waals surface area (Å²) in [6.45, 7) is 50.9. The fourth-order valence-electron chi connectivity index (χ4n) is 11.1. The maximum absolute atomic E-state index is 2.34. The lowest BCUT2D eigenvalue weighted by molar-refractivity contribution is 1.22. The van der Waals surface area contributed by atoms with E-state index in [9.17, 15) is 0 Å². The minimum Gasteiger partial charge on any atom is -0.0443 e. The van der Waals surface area contributed by atoms with Crippen molar-refractivity contribution in [1.29, 1.82) is 0 Å². The molecule has 0 saturated heterocycles. The van der Waals surface area contributed by atoms with Crippen molar-refractivity contribution in [2.24, 2.45) is 0 Å². The first-order valence-electron chi connectivity index (χ1n) is 21.0. The molecule has 56 heavy (non-hydrogen) atoms. The maximum atomic E-state index is 2.34. The van der Waals surface area contributed by atoms with Crippen LogP contribution in [0.25, 0.3) is 65.3 Å². The number of aryl methyl sites for hydroxylation is 8. The summed E-state index contributed by atoms with van der Waals surface area (Å²) in [6.07, 6.45) is 0. The van der Waals surface area contributed by atoms with Crippen LogP contribution < -0.4 is 0 Å². The Morgan fingerprint density at radius 2 is 0.250 bits per heavy atom. The van der Waals surface area contributed by atoms with Gasteiger partial charge in [0.05, 0.1) is 0 Å². The zero-order chi connectivity index (χ0) is 41.6. The first kappa shape index (κ1) is 39.8. The smallest absolute Gasteiger partial charge is 0.00151 e. The van der Waals surface area contributed by atoms with Gasteiger partial charge >= 0.3 is 0 Å². The Balaban J connectivity index is 0.000000173. The minimum atomic E-state index is 1.44. The highest BCUT2D eigenvalue weighted by atomic mass is 14.4. The van der Waals surface area contributed by atoms with Crippen LogP contribution in [0.15, 0.2) is 0 Å². The molecule has 0 aromatic heterocycles. The molecule has 0 spiro atoms. The number of hydrogen-bond acceptors (Lipinski definition) is 0. The van der Waals surface area contributed by atoms with Crippen molar-refractivity contribution in [3.8, 4) is 22.3 Å². The largest absolute Gasteiger partial charge is 0.0443 e. The van der Waals surface area contributed by atoms with Crippen LogP contribution in [-0.2, 0) is 0 Å². The molecule has 0 nitrogen and oxygen atoms in total. The van der Waals surface area contributed by atoms with Crippen molar-refractivity contribution in [2.75, 3.05) is 0 Å². The number of fused-ring (bicyclic) bond motifs is 9. The Morgan fingerprint density at radius 1 is 0.107 bits per heavy atom. The van der Waals surface area contributed by atoms with Crippen LogP contribution in [0.4, 0.5) is 0 Å². The Morgan fingerprint density at radius 3 is 0.464 bits per heavy atom. The molecular weight excluding hydrogens is 673 g/mol. The van der Waals surface area contributed by atoms with Crippen LogP contribution in [0.2, 0.25) is 0 Å². The Hall–Kier alpha value is -4.42. The summed E-state index contributed by atoms with van der Waals surface area (Å²) in [4.78, 5) is 0. The first-order chi connectivity index (χ1) is 26.0. The lowest BCUT2D eigenvalue weighted by Crippen LogP contribution is -2.04. The molecule has 0 bridgehead atoms. The van der Waals surface area contributed by atoms with E-state index in [1.165, 1.54) is 188 Å². The fourth-order valence-corrected chi connectivity index (χ4v) is 11.1. The summed E-state index contributed by atoms with van der Waals surface area (Å²) in [7, 11) is 0. The van der Waals surface area contributed by atoms with Gasteiger partial charge in [-0.15, -0.1) is 0 Å². The summed E-state index contributed by atoms with van der Waals surface area (Å²) in [5, 5.41) is 11.9. The highest BCUT2D eigenvalue weighted by molar-refractivity contribution is 6.31. The van der Waals surface area contributed by atoms with Crippen molar-refractivity contribution < 1.29 is 0 Å². The lowest BCUT2D eigenvalue weighted by atomic mass is 9.78. The standard InChI is InChI=1S/C30H36.C26H30/c1-13-14(2)20(8)26-25(19(13)7)27-21(9)15(3)16(4)23(11)29(27)30-24(12)18(6)17(5)22(10)28(26)30;1-11-12(2)18(8)23-22(17(11)7)24-19(9)13(3)15(5)21-16(6)14(4)20(10)25(23)26(21)24/h1-12H3;1-10H3. The van der Waals surface area contributed by atoms with Gasteiger partial charge in [0.2, 0.25) is 0 Å². The van der Waals surface area contributed by atoms with Crippen molar-refractivity contribution in [1.82, 2.24) is 0 Å². The van der Waals surface area contributed by atoms with Gasteiger partial charge in [0, 0.05) is 0 Å². The van der Waals surface area contributed by atoms with Crippen molar-refractivity contribution in [2.45, 2.75) is 152 Å². The summed E-state index contributed by atoms with van der Waals surface area (Å²) in [5.74, 6) is 0. The normalized spacial score (nSPS) is 12.1. The predicted octanol–water partition coefficient (Wildman–Crippen LogP) is 16.4. The number of benzene rings is 7. The Kier molecular flexibility index (Phi) is 9.28. The highest BCUT2D eigenvalue weighted by Crippen LogP contribution is 2.56. The average Bonchev–Trinajstić information content (AvgIpc) is 3.53. The molecule has 0 unspecified atom stereocenters. The molecule has 7 aromatic carbocycles. The third-order valence-electron chi connectivity index (χ3n) is 16.5. The molecule has 0 saturated carbocycles. The fraction of sp³-hybridized carbons (Fsp3) is 0.393. The minimum absolute atomic E-state index is 1.44. The van der Waals surface area contributed by atoms with Crippen LogP contribution in [0.1, 0.15) is 122 Å². The molecule has 1 aliphatic carbocycles. The van der Waals surface area contributed by atoms with E-state index in [-0.39, 0.29) is 0 Å². The molecule has 290 valence electrons. The van der Waals surface area contributed by atoms with E-state index in [1.807, 2.05) is 0 Å². The van der Waals surface area contributed by atoms with E-state index < -0.39 is 0 Å². The number of rotatable bonds is 0. The van der Waals surface area contributed by atoms with Crippen molar-refractivity contribution in [3.63, 3.8) is 0 Å². The van der Waals surface area contributed by atoms with Crippen LogP contribution >= 0.6 is 0 Å². The maximum Gasteiger partial charge on any atom is -0.00151 e. The second kappa shape index (κ2) is 13.1. The van der Waals surface area contributed by atoms with Gasteiger partial charge in [-0.05, 0) is 340 Å². The molecule has 0 fully saturated rings. The summed E-state index contributed by atoms with van der Waals surface area (Å²) in [6, 6.07) is 0. The van der Waals surface area contributed by atoms with E-state index >= 15 is 0 Å². The molecule has 0 atom stereocenters. The zero-order valence-corrected chi connectivity index (χ0v) is 39.0. The van der Waals surface area contributed by atoms with Gasteiger partial charge in [-0.2, -0.15) is 0 Å². The van der Waals surface area contributed by atoms with Crippen LogP contribution in [-0.4, -0.2) is 0 Å². The van der Waals surface area contributed by atoms with E-state index in [2.05, 4.69) is 152 Å². The van der Waals surface area contributed by atoms with Crippen LogP contribution in [0, 0.1) is 152 Å². The predicted molar refractivity (Wildman–Crippen MR) is 252 cm³/mol. The molecular formula is C56H66. The molecule has 1 aliphatic rings. The van der Waals surface area contributed by atoms with Gasteiger partial charge in [0.1, 0.15) is 0 Å². The molecule has 7 aromatic rings. The van der Waals surface area contributed by atoms with Gasteiger partial charge in [-0.25, -0.2) is 0 Å². The highest BCUT2D eigenvalue weighted by Gasteiger charge is 2.32. The SMILES string of the molecule is Cc1c(C)c(C)c2c(c1C)-c1c(C)c(C)c(C)c3c(C)c(C)c(C)c-2c13.Cc1c(C)c(C)c2c(c1C)c1c(C)c(C)c(C)c(C)c1c1c(C)c(C)c(C)c(C)c21. The second-order valence-electron chi connectivity index (χ2n) is 18.2. The molecule has 0 heteroatoms. The van der Waals surface area contributed by atoms with Gasteiger partial charge < -0.3 is 0 Å². The van der Waals surface area contributed by atoms with Crippen LogP contribution in [0.5, 0.6) is 0 Å². The Labute approximate surface area is 338 Å². The van der Waals surface area contributed by atoms with E-state index in [0.717, 1.165) is 0 Å². The third kappa shape index (κ3) is 4.83. The van der Waals surface area contributed by atoms with Gasteiger partial charge in [-0.1, -0.05) is 0 Å². The first-order valence-corrected chi connectivity index (χ1v) is 21.0. The molecule has 0 N–H and O–H groups in total. The zero-order valence-electron chi connectivity index (χ0n) is 39.0. The van der Waals surface area contributed by atoms with Gasteiger partial charge in [0.25, 0.3) is 0 Å².